The summed E-state index contributed by atoms with van der Waals surface area (Å²) in [5.41, 5.74) is 4.19. The number of thioether (sulfide) groups is 1. The van der Waals surface area contributed by atoms with E-state index in [2.05, 4.69) is 51.7 Å². The van der Waals surface area contributed by atoms with E-state index in [0.29, 0.717) is 5.75 Å². The van der Waals surface area contributed by atoms with Crippen LogP contribution in [-0.4, -0.2) is 30.2 Å². The van der Waals surface area contributed by atoms with E-state index >= 15 is 0 Å². The van der Waals surface area contributed by atoms with Crippen molar-refractivity contribution in [3.63, 3.8) is 0 Å². The average Bonchev–Trinajstić information content (AvgIpc) is 3.35. The lowest BCUT2D eigenvalue weighted by Gasteiger charge is -2.02. The van der Waals surface area contributed by atoms with E-state index in [1.165, 1.54) is 0 Å². The SMILES string of the molecule is CCCn1nnnc1CSc1nc(-c2ccccc2)c(-c2ccccc2)[nH]1. The number of aromatic nitrogens is 6. The van der Waals surface area contributed by atoms with Gasteiger partial charge in [0.1, 0.15) is 0 Å². The van der Waals surface area contributed by atoms with E-state index in [-0.39, 0.29) is 0 Å². The molecule has 0 saturated heterocycles. The van der Waals surface area contributed by atoms with Gasteiger partial charge in [-0.25, -0.2) is 9.67 Å². The van der Waals surface area contributed by atoms with Crippen LogP contribution in [0.4, 0.5) is 0 Å². The molecule has 6 nitrogen and oxygen atoms in total. The number of benzene rings is 2. The highest BCUT2D eigenvalue weighted by Crippen LogP contribution is 2.33. The zero-order valence-corrected chi connectivity index (χ0v) is 15.9. The van der Waals surface area contributed by atoms with Crippen molar-refractivity contribution in [3.8, 4) is 22.5 Å². The van der Waals surface area contributed by atoms with Gasteiger partial charge in [0, 0.05) is 17.7 Å². The van der Waals surface area contributed by atoms with Crippen molar-refractivity contribution in [2.75, 3.05) is 0 Å². The van der Waals surface area contributed by atoms with E-state index in [1.807, 2.05) is 41.1 Å². The highest BCUT2D eigenvalue weighted by molar-refractivity contribution is 7.98. The first kappa shape index (κ1) is 17.5. The Morgan fingerprint density at radius 2 is 1.67 bits per heavy atom. The van der Waals surface area contributed by atoms with Crippen LogP contribution in [-0.2, 0) is 12.3 Å². The van der Waals surface area contributed by atoms with Gasteiger partial charge in [-0.1, -0.05) is 79.3 Å². The molecule has 4 aromatic rings. The van der Waals surface area contributed by atoms with Crippen LogP contribution in [0.3, 0.4) is 0 Å². The Morgan fingerprint density at radius 1 is 0.963 bits per heavy atom. The molecule has 0 unspecified atom stereocenters. The second kappa shape index (κ2) is 8.18. The Kier molecular flexibility index (Phi) is 5.29. The molecule has 0 atom stereocenters. The van der Waals surface area contributed by atoms with Crippen molar-refractivity contribution in [1.82, 2.24) is 30.2 Å². The van der Waals surface area contributed by atoms with Crippen molar-refractivity contribution in [3.05, 3.63) is 66.5 Å². The van der Waals surface area contributed by atoms with Gasteiger partial charge in [-0.15, -0.1) is 5.10 Å². The summed E-state index contributed by atoms with van der Waals surface area (Å²) in [4.78, 5) is 8.35. The fraction of sp³-hybridized carbons (Fsp3) is 0.200. The number of hydrogen-bond donors (Lipinski definition) is 1. The molecule has 1 N–H and O–H groups in total. The van der Waals surface area contributed by atoms with Crippen LogP contribution < -0.4 is 0 Å². The number of hydrogen-bond acceptors (Lipinski definition) is 5. The van der Waals surface area contributed by atoms with E-state index in [4.69, 9.17) is 4.98 Å². The maximum Gasteiger partial charge on any atom is 0.166 e. The number of imidazole rings is 1. The first-order valence-corrected chi connectivity index (χ1v) is 9.92. The fourth-order valence-corrected chi connectivity index (χ4v) is 3.69. The molecule has 7 heteroatoms. The molecule has 0 fully saturated rings. The summed E-state index contributed by atoms with van der Waals surface area (Å²) in [5, 5.41) is 12.8. The van der Waals surface area contributed by atoms with Crippen LogP contribution in [0.5, 0.6) is 0 Å². The minimum absolute atomic E-state index is 0.670. The highest BCUT2D eigenvalue weighted by atomic mass is 32.2. The zero-order chi connectivity index (χ0) is 18.5. The second-order valence-corrected chi connectivity index (χ2v) is 7.07. The molecular formula is C20H20N6S. The van der Waals surface area contributed by atoms with Crippen molar-refractivity contribution in [1.29, 1.82) is 0 Å². The Morgan fingerprint density at radius 3 is 2.37 bits per heavy atom. The summed E-state index contributed by atoms with van der Waals surface area (Å²) >= 11 is 1.61. The number of aryl methyl sites for hydroxylation is 1. The monoisotopic (exact) mass is 376 g/mol. The molecular weight excluding hydrogens is 356 g/mol. The van der Waals surface area contributed by atoms with Crippen LogP contribution in [0.25, 0.3) is 22.5 Å². The van der Waals surface area contributed by atoms with E-state index in [9.17, 15) is 0 Å². The smallest absolute Gasteiger partial charge is 0.166 e. The summed E-state index contributed by atoms with van der Waals surface area (Å²) in [7, 11) is 0. The van der Waals surface area contributed by atoms with Gasteiger partial charge in [0.2, 0.25) is 0 Å². The van der Waals surface area contributed by atoms with Crippen LogP contribution in [0.15, 0.2) is 65.8 Å². The van der Waals surface area contributed by atoms with Gasteiger partial charge in [-0.3, -0.25) is 0 Å². The molecule has 0 aliphatic carbocycles. The number of aromatic amines is 1. The van der Waals surface area contributed by atoms with Gasteiger partial charge in [-0.05, 0) is 16.8 Å². The summed E-state index contributed by atoms with van der Waals surface area (Å²) in [6.07, 6.45) is 1.000. The topological polar surface area (TPSA) is 72.3 Å². The molecule has 2 aromatic carbocycles. The Labute approximate surface area is 162 Å². The second-order valence-electron chi connectivity index (χ2n) is 6.10. The van der Waals surface area contributed by atoms with Crippen LogP contribution in [0.2, 0.25) is 0 Å². The van der Waals surface area contributed by atoms with Crippen LogP contribution in [0, 0.1) is 0 Å². The number of tetrazole rings is 1. The molecule has 0 radical (unpaired) electrons. The zero-order valence-electron chi connectivity index (χ0n) is 15.0. The predicted octanol–water partition coefficient (Wildman–Crippen LogP) is 4.43. The number of H-pyrrole nitrogens is 1. The fourth-order valence-electron chi connectivity index (χ4n) is 2.88. The Balaban J connectivity index is 1.64. The van der Waals surface area contributed by atoms with E-state index in [1.54, 1.807) is 11.8 Å². The van der Waals surface area contributed by atoms with Crippen molar-refractivity contribution >= 4 is 11.8 Å². The lowest BCUT2D eigenvalue weighted by molar-refractivity contribution is 0.564. The molecule has 0 bridgehead atoms. The van der Waals surface area contributed by atoms with Crippen molar-refractivity contribution < 1.29 is 0 Å². The van der Waals surface area contributed by atoms with Gasteiger partial charge >= 0.3 is 0 Å². The lowest BCUT2D eigenvalue weighted by atomic mass is 10.1. The summed E-state index contributed by atoms with van der Waals surface area (Å²) in [5.74, 6) is 1.53. The number of nitrogens with zero attached hydrogens (tertiary/aromatic N) is 5. The van der Waals surface area contributed by atoms with Gasteiger partial charge in [0.05, 0.1) is 17.1 Å². The Bertz CT molecular complexity index is 937. The third-order valence-electron chi connectivity index (χ3n) is 4.17. The summed E-state index contributed by atoms with van der Waals surface area (Å²) in [6.45, 7) is 2.94. The van der Waals surface area contributed by atoms with Crippen molar-refractivity contribution in [2.24, 2.45) is 0 Å². The first-order valence-electron chi connectivity index (χ1n) is 8.94. The van der Waals surface area contributed by atoms with Crippen LogP contribution >= 0.6 is 11.8 Å². The molecule has 2 heterocycles. The van der Waals surface area contributed by atoms with E-state index < -0.39 is 0 Å². The third kappa shape index (κ3) is 3.93. The Hall–Kier alpha value is -2.93. The molecule has 0 saturated carbocycles. The lowest BCUT2D eigenvalue weighted by Crippen LogP contribution is -2.04. The molecule has 0 aliphatic rings. The molecule has 0 aliphatic heterocycles. The van der Waals surface area contributed by atoms with Gasteiger partial charge in [0.15, 0.2) is 11.0 Å². The minimum atomic E-state index is 0.670. The summed E-state index contributed by atoms with van der Waals surface area (Å²) in [6, 6.07) is 20.5. The maximum absolute atomic E-state index is 4.86. The minimum Gasteiger partial charge on any atom is -0.332 e. The highest BCUT2D eigenvalue weighted by Gasteiger charge is 2.15. The summed E-state index contributed by atoms with van der Waals surface area (Å²) < 4.78 is 1.85. The van der Waals surface area contributed by atoms with Gasteiger partial charge in [-0.2, -0.15) is 0 Å². The average molecular weight is 376 g/mol. The molecule has 0 amide bonds. The number of rotatable bonds is 7. The quantitative estimate of drug-likeness (QED) is 0.483. The standard InChI is InChI=1S/C20H20N6S/c1-2-13-26-17(23-24-25-26)14-27-20-21-18(15-9-5-3-6-10-15)19(22-20)16-11-7-4-8-12-16/h3-12H,2,13-14H2,1H3,(H,21,22). The predicted molar refractivity (Wildman–Crippen MR) is 107 cm³/mol. The molecule has 0 spiro atoms. The van der Waals surface area contributed by atoms with Gasteiger partial charge in [0.25, 0.3) is 0 Å². The first-order chi connectivity index (χ1) is 13.3. The van der Waals surface area contributed by atoms with Gasteiger partial charge < -0.3 is 4.98 Å². The molecule has 136 valence electrons. The normalized spacial score (nSPS) is 11.0. The molecule has 27 heavy (non-hydrogen) atoms. The largest absolute Gasteiger partial charge is 0.332 e. The number of nitrogens with one attached hydrogen (secondary N) is 1. The van der Waals surface area contributed by atoms with Crippen LogP contribution in [0.1, 0.15) is 19.2 Å². The van der Waals surface area contributed by atoms with E-state index in [0.717, 1.165) is 46.5 Å². The maximum atomic E-state index is 4.86. The molecule has 2 aromatic heterocycles. The molecule has 4 rings (SSSR count). The third-order valence-corrected chi connectivity index (χ3v) is 5.04. The van der Waals surface area contributed by atoms with Crippen molar-refractivity contribution in [2.45, 2.75) is 30.8 Å².